The molecule has 1 atom stereocenters. The van der Waals surface area contributed by atoms with Crippen LogP contribution in [0.2, 0.25) is 5.02 Å². The van der Waals surface area contributed by atoms with E-state index in [0.717, 1.165) is 0 Å². The number of carboxylic acids is 1. The number of halogens is 1. The highest BCUT2D eigenvalue weighted by Crippen LogP contribution is 2.21. The van der Waals surface area contributed by atoms with Crippen LogP contribution < -0.4 is 10.1 Å². The number of carboxylic acid groups (broad SMARTS) is 1. The highest BCUT2D eigenvalue weighted by molar-refractivity contribution is 6.30. The number of amides is 1. The molecule has 1 rings (SSSR count). The summed E-state index contributed by atoms with van der Waals surface area (Å²) in [4.78, 5) is 22.6. The summed E-state index contributed by atoms with van der Waals surface area (Å²) in [6.45, 7) is 4.86. The highest BCUT2D eigenvalue weighted by Gasteiger charge is 2.31. The Bertz CT molecular complexity index is 484. The van der Waals surface area contributed by atoms with Crippen molar-refractivity contribution in [3.63, 3.8) is 0 Å². The quantitative estimate of drug-likeness (QED) is 0.846. The topological polar surface area (TPSA) is 75.6 Å². The summed E-state index contributed by atoms with van der Waals surface area (Å²) in [5, 5.41) is 11.9. The molecule has 1 aromatic carbocycles. The number of carbonyl (C=O) groups is 2. The largest absolute Gasteiger partial charge is 0.481 e. The van der Waals surface area contributed by atoms with E-state index in [1.807, 2.05) is 0 Å². The van der Waals surface area contributed by atoms with Crippen LogP contribution in [0.3, 0.4) is 0 Å². The summed E-state index contributed by atoms with van der Waals surface area (Å²) in [5.41, 5.74) is -1.11. The van der Waals surface area contributed by atoms with E-state index in [0.29, 0.717) is 10.8 Å². The minimum Gasteiger partial charge on any atom is -0.481 e. The molecule has 0 bridgehead atoms. The lowest BCUT2D eigenvalue weighted by Gasteiger charge is -2.27. The van der Waals surface area contributed by atoms with Gasteiger partial charge in [0, 0.05) is 11.1 Å². The third-order valence-electron chi connectivity index (χ3n) is 2.59. The molecule has 0 heterocycles. The zero-order chi connectivity index (χ0) is 15.3. The van der Waals surface area contributed by atoms with Crippen molar-refractivity contribution in [2.75, 3.05) is 0 Å². The molecule has 0 aliphatic heterocycles. The summed E-state index contributed by atoms with van der Waals surface area (Å²) >= 11 is 5.77. The summed E-state index contributed by atoms with van der Waals surface area (Å²) in [6.07, 6.45) is -0.136. The zero-order valence-electron chi connectivity index (χ0n) is 11.6. The third-order valence-corrected chi connectivity index (χ3v) is 2.84. The fourth-order valence-electron chi connectivity index (χ4n) is 1.55. The normalized spacial score (nSPS) is 12.6. The Kier molecular flexibility index (Phi) is 5.39. The molecule has 110 valence electrons. The van der Waals surface area contributed by atoms with E-state index in [1.165, 1.54) is 0 Å². The maximum absolute atomic E-state index is 12.1. The van der Waals surface area contributed by atoms with Gasteiger partial charge in [-0.15, -0.1) is 0 Å². The van der Waals surface area contributed by atoms with Crippen molar-refractivity contribution in [1.29, 1.82) is 0 Å². The SMILES string of the molecule is CC(CC(=O)O)NC(=O)C(C)(C)Oc1ccc(Cl)cc1. The van der Waals surface area contributed by atoms with Crippen LogP contribution in [0.1, 0.15) is 27.2 Å². The van der Waals surface area contributed by atoms with Crippen molar-refractivity contribution in [2.24, 2.45) is 0 Å². The van der Waals surface area contributed by atoms with Crippen LogP contribution in [0.4, 0.5) is 0 Å². The number of nitrogens with one attached hydrogen (secondary N) is 1. The second-order valence-electron chi connectivity index (χ2n) is 5.04. The first-order valence-corrected chi connectivity index (χ1v) is 6.56. The molecule has 0 spiro atoms. The van der Waals surface area contributed by atoms with Crippen LogP contribution >= 0.6 is 11.6 Å². The Balaban J connectivity index is 2.65. The molecule has 0 aliphatic carbocycles. The monoisotopic (exact) mass is 299 g/mol. The Hall–Kier alpha value is -1.75. The average molecular weight is 300 g/mol. The molecule has 6 heteroatoms. The molecular weight excluding hydrogens is 282 g/mol. The van der Waals surface area contributed by atoms with E-state index >= 15 is 0 Å². The lowest BCUT2D eigenvalue weighted by molar-refractivity contribution is -0.138. The van der Waals surface area contributed by atoms with E-state index in [4.69, 9.17) is 21.4 Å². The Labute approximate surface area is 122 Å². The molecule has 0 aliphatic rings. The second kappa shape index (κ2) is 6.61. The van der Waals surface area contributed by atoms with Gasteiger partial charge in [0.25, 0.3) is 5.91 Å². The van der Waals surface area contributed by atoms with Gasteiger partial charge in [-0.25, -0.2) is 0 Å². The molecule has 0 aromatic heterocycles. The van der Waals surface area contributed by atoms with Gasteiger partial charge in [-0.3, -0.25) is 9.59 Å². The molecule has 1 amide bonds. The second-order valence-corrected chi connectivity index (χ2v) is 5.48. The summed E-state index contributed by atoms with van der Waals surface area (Å²) < 4.78 is 5.61. The Morgan fingerprint density at radius 1 is 1.35 bits per heavy atom. The number of hydrogen-bond donors (Lipinski definition) is 2. The van der Waals surface area contributed by atoms with Gasteiger partial charge in [-0.05, 0) is 45.0 Å². The maximum atomic E-state index is 12.1. The molecule has 0 radical (unpaired) electrons. The lowest BCUT2D eigenvalue weighted by Crippen LogP contribution is -2.49. The number of hydrogen-bond acceptors (Lipinski definition) is 3. The van der Waals surface area contributed by atoms with Gasteiger partial charge in [0.05, 0.1) is 6.42 Å². The molecule has 20 heavy (non-hydrogen) atoms. The number of ether oxygens (including phenoxy) is 1. The predicted molar refractivity (Wildman–Crippen MR) is 76.0 cm³/mol. The van der Waals surface area contributed by atoms with Crippen molar-refractivity contribution < 1.29 is 19.4 Å². The van der Waals surface area contributed by atoms with E-state index < -0.39 is 17.6 Å². The summed E-state index contributed by atoms with van der Waals surface area (Å²) in [6, 6.07) is 6.19. The minimum atomic E-state index is -1.11. The van der Waals surface area contributed by atoms with Gasteiger partial charge in [-0.1, -0.05) is 11.6 Å². The molecule has 2 N–H and O–H groups in total. The summed E-state index contributed by atoms with van der Waals surface area (Å²) in [7, 11) is 0. The Morgan fingerprint density at radius 3 is 2.40 bits per heavy atom. The summed E-state index contributed by atoms with van der Waals surface area (Å²) in [5.74, 6) is -0.823. The first-order valence-electron chi connectivity index (χ1n) is 6.18. The van der Waals surface area contributed by atoms with Crippen LogP contribution in [-0.4, -0.2) is 28.6 Å². The van der Waals surface area contributed by atoms with Gasteiger partial charge >= 0.3 is 5.97 Å². The first kappa shape index (κ1) is 16.3. The van der Waals surface area contributed by atoms with Crippen molar-refractivity contribution in [2.45, 2.75) is 38.8 Å². The van der Waals surface area contributed by atoms with E-state index in [2.05, 4.69) is 5.32 Å². The Morgan fingerprint density at radius 2 is 1.90 bits per heavy atom. The molecule has 0 saturated carbocycles. The molecule has 1 unspecified atom stereocenters. The zero-order valence-corrected chi connectivity index (χ0v) is 12.4. The first-order chi connectivity index (χ1) is 9.20. The number of aliphatic carboxylic acids is 1. The smallest absolute Gasteiger partial charge is 0.305 e. The van der Waals surface area contributed by atoms with Gasteiger partial charge < -0.3 is 15.2 Å². The van der Waals surface area contributed by atoms with Crippen LogP contribution in [0, 0.1) is 0 Å². The fraction of sp³-hybridized carbons (Fsp3) is 0.429. The molecular formula is C14H18ClNO4. The van der Waals surface area contributed by atoms with Crippen molar-refractivity contribution in [3.05, 3.63) is 29.3 Å². The van der Waals surface area contributed by atoms with Crippen LogP contribution in [0.15, 0.2) is 24.3 Å². The van der Waals surface area contributed by atoms with E-state index in [-0.39, 0.29) is 12.3 Å². The van der Waals surface area contributed by atoms with Gasteiger partial charge in [-0.2, -0.15) is 0 Å². The standard InChI is InChI=1S/C14H18ClNO4/c1-9(8-12(17)18)16-13(19)14(2,3)20-11-6-4-10(15)5-7-11/h4-7,9H,8H2,1-3H3,(H,16,19)(H,17,18). The maximum Gasteiger partial charge on any atom is 0.305 e. The minimum absolute atomic E-state index is 0.136. The van der Waals surface area contributed by atoms with Gasteiger partial charge in [0.1, 0.15) is 5.75 Å². The van der Waals surface area contributed by atoms with E-state index in [9.17, 15) is 9.59 Å². The average Bonchev–Trinajstić information content (AvgIpc) is 2.30. The van der Waals surface area contributed by atoms with Crippen molar-refractivity contribution in [3.8, 4) is 5.75 Å². The fourth-order valence-corrected chi connectivity index (χ4v) is 1.68. The van der Waals surface area contributed by atoms with Crippen molar-refractivity contribution >= 4 is 23.5 Å². The molecule has 5 nitrogen and oxygen atoms in total. The number of carbonyl (C=O) groups excluding carboxylic acids is 1. The van der Waals surface area contributed by atoms with E-state index in [1.54, 1.807) is 45.0 Å². The third kappa shape index (κ3) is 5.09. The number of rotatable bonds is 6. The van der Waals surface area contributed by atoms with Gasteiger partial charge in [0.2, 0.25) is 0 Å². The molecule has 1 aromatic rings. The molecule has 0 saturated heterocycles. The van der Waals surface area contributed by atoms with Crippen LogP contribution in [0.25, 0.3) is 0 Å². The van der Waals surface area contributed by atoms with Crippen LogP contribution in [-0.2, 0) is 9.59 Å². The van der Waals surface area contributed by atoms with Gasteiger partial charge in [0.15, 0.2) is 5.60 Å². The molecule has 0 fully saturated rings. The highest BCUT2D eigenvalue weighted by atomic mass is 35.5. The number of benzene rings is 1. The van der Waals surface area contributed by atoms with Crippen molar-refractivity contribution in [1.82, 2.24) is 5.32 Å². The van der Waals surface area contributed by atoms with Crippen LogP contribution in [0.5, 0.6) is 5.75 Å². The predicted octanol–water partition coefficient (Wildman–Crippen LogP) is 2.48. The lowest BCUT2D eigenvalue weighted by atomic mass is 10.1.